The zero-order valence-electron chi connectivity index (χ0n) is 12.7. The molecule has 1 N–H and O–H groups in total. The van der Waals surface area contributed by atoms with Crippen LogP contribution in [0.5, 0.6) is 0 Å². The molecule has 0 aromatic heterocycles. The maximum absolute atomic E-state index is 11.7. The van der Waals surface area contributed by atoms with Gasteiger partial charge in [0.15, 0.2) is 0 Å². The Balaban J connectivity index is 1.87. The fourth-order valence-electron chi connectivity index (χ4n) is 1.78. The summed E-state index contributed by atoms with van der Waals surface area (Å²) in [7, 11) is -4.59. The van der Waals surface area contributed by atoms with Gasteiger partial charge in [-0.05, 0) is 35.4 Å². The van der Waals surface area contributed by atoms with Crippen molar-refractivity contribution in [1.29, 1.82) is 0 Å². The molecule has 0 spiro atoms. The molecule has 25 heavy (non-hydrogen) atoms. The minimum atomic E-state index is -4.59. The fourth-order valence-corrected chi connectivity index (χ4v) is 2.47. The van der Waals surface area contributed by atoms with E-state index >= 15 is 0 Å². The summed E-state index contributed by atoms with van der Waals surface area (Å²) in [6.45, 7) is -0.640. The number of nitro groups is 1. The van der Waals surface area contributed by atoms with E-state index in [1.54, 1.807) is 0 Å². The predicted octanol–water partition coefficient (Wildman–Crippen LogP) is 2.60. The lowest BCUT2D eigenvalue weighted by molar-refractivity contribution is -0.729. The second-order valence-electron chi connectivity index (χ2n) is 4.86. The van der Waals surface area contributed by atoms with E-state index in [-0.39, 0.29) is 29.5 Å². The number of nitro benzene ring substituents is 1. The lowest BCUT2D eigenvalue weighted by atomic mass is 10.2. The van der Waals surface area contributed by atoms with E-state index in [2.05, 4.69) is 0 Å². The molecule has 2 rings (SSSR count). The number of rotatable bonds is 8. The van der Waals surface area contributed by atoms with Crippen LogP contribution in [-0.4, -0.2) is 15.1 Å². The Hall–Kier alpha value is -2.65. The molecule has 0 fully saturated rings. The molecule has 0 saturated carbocycles. The number of phosphoric ester groups is 1. The first-order chi connectivity index (χ1) is 11.8. The van der Waals surface area contributed by atoms with Gasteiger partial charge >= 0.3 is 5.69 Å². The monoisotopic (exact) mass is 368 g/mol. The Morgan fingerprint density at radius 1 is 0.880 bits per heavy atom. The van der Waals surface area contributed by atoms with Crippen LogP contribution in [0.4, 0.5) is 11.4 Å². The zero-order chi connectivity index (χ0) is 18.4. The van der Waals surface area contributed by atoms with Crippen molar-refractivity contribution in [2.75, 3.05) is 0 Å². The third kappa shape index (κ3) is 5.73. The van der Waals surface area contributed by atoms with Crippen molar-refractivity contribution >= 4 is 19.2 Å². The van der Waals surface area contributed by atoms with E-state index in [0.29, 0.717) is 11.1 Å². The average molecular weight is 368 g/mol. The highest BCUT2D eigenvalue weighted by atomic mass is 31.2. The first-order valence-corrected chi connectivity index (χ1v) is 8.31. The molecular formula is C14H13N2O8P. The summed E-state index contributed by atoms with van der Waals surface area (Å²) < 4.78 is 21.1. The van der Waals surface area contributed by atoms with Crippen molar-refractivity contribution in [1.82, 2.24) is 0 Å². The molecule has 2 aromatic carbocycles. The normalized spacial score (nSPS) is 13.2. The van der Waals surface area contributed by atoms with E-state index in [4.69, 9.17) is 14.3 Å². The molecular weight excluding hydrogens is 355 g/mol. The lowest BCUT2D eigenvalue weighted by Gasteiger charge is -2.22. The van der Waals surface area contributed by atoms with Crippen LogP contribution in [0.15, 0.2) is 48.5 Å². The summed E-state index contributed by atoms with van der Waals surface area (Å²) in [6.07, 6.45) is 0. The third-order valence-corrected chi connectivity index (χ3v) is 3.97. The van der Waals surface area contributed by atoms with Crippen molar-refractivity contribution in [3.8, 4) is 0 Å². The van der Waals surface area contributed by atoms with Crippen LogP contribution in [-0.2, 0) is 26.8 Å². The smallest absolute Gasteiger partial charge is 0.316 e. The van der Waals surface area contributed by atoms with Crippen LogP contribution >= 0.6 is 7.82 Å². The number of hydrogen-bond donors (Lipinski definition) is 1. The molecule has 0 aliphatic heterocycles. The maximum Gasteiger partial charge on any atom is 0.316 e. The highest BCUT2D eigenvalue weighted by Gasteiger charge is 2.13. The highest BCUT2D eigenvalue weighted by molar-refractivity contribution is 7.45. The highest BCUT2D eigenvalue weighted by Crippen LogP contribution is 2.40. The number of nitrogens with zero attached hydrogens (tertiary/aromatic N) is 2. The largest absolute Gasteiger partial charge is 0.756 e. The zero-order valence-corrected chi connectivity index (χ0v) is 13.6. The number of hydrogen-bond acceptors (Lipinski definition) is 7. The van der Waals surface area contributed by atoms with Crippen molar-refractivity contribution in [3.05, 3.63) is 74.7 Å². The Kier molecular flexibility index (Phi) is 5.94. The summed E-state index contributed by atoms with van der Waals surface area (Å²) in [4.78, 5) is 32.0. The Bertz CT molecular complexity index is 741. The van der Waals surface area contributed by atoms with E-state index in [0.717, 1.165) is 0 Å². The van der Waals surface area contributed by atoms with Crippen LogP contribution in [0.2, 0.25) is 0 Å². The molecule has 1 atom stereocenters. The molecule has 10 nitrogen and oxygen atoms in total. The topological polar surface area (TPSA) is 142 Å². The van der Waals surface area contributed by atoms with Gasteiger partial charge in [0.25, 0.3) is 18.4 Å². The van der Waals surface area contributed by atoms with E-state index < -0.39 is 12.7 Å². The molecule has 11 heteroatoms. The summed E-state index contributed by atoms with van der Waals surface area (Å²) in [5.74, 6) is 0. The molecule has 0 bridgehead atoms. The molecule has 0 aliphatic carbocycles. The summed E-state index contributed by atoms with van der Waals surface area (Å²) in [5, 5.41) is 19.2. The Morgan fingerprint density at radius 3 is 1.64 bits per heavy atom. The summed E-state index contributed by atoms with van der Waals surface area (Å²) in [6, 6.07) is 10.6. The van der Waals surface area contributed by atoms with Gasteiger partial charge in [-0.25, -0.2) is 5.21 Å². The number of benzene rings is 2. The van der Waals surface area contributed by atoms with Crippen LogP contribution in [0, 0.1) is 15.0 Å². The minimum Gasteiger partial charge on any atom is -0.756 e. The Labute approximate surface area is 141 Å². The van der Waals surface area contributed by atoms with E-state index in [9.17, 15) is 24.5 Å². The van der Waals surface area contributed by atoms with Gasteiger partial charge in [-0.2, -0.15) is 0 Å². The van der Waals surface area contributed by atoms with Crippen molar-refractivity contribution in [2.45, 2.75) is 13.2 Å². The van der Waals surface area contributed by atoms with Crippen LogP contribution < -0.4 is 4.89 Å². The van der Waals surface area contributed by atoms with Crippen LogP contribution in [0.1, 0.15) is 11.1 Å². The minimum absolute atomic E-state index is 0.0107. The first-order valence-electron chi connectivity index (χ1n) is 6.85. The van der Waals surface area contributed by atoms with Gasteiger partial charge in [0.05, 0.1) is 23.0 Å². The van der Waals surface area contributed by atoms with Crippen LogP contribution in [0.25, 0.3) is 0 Å². The number of non-ortho nitro benzene ring substituents is 1. The van der Waals surface area contributed by atoms with Crippen LogP contribution in [0.3, 0.4) is 0 Å². The van der Waals surface area contributed by atoms with Gasteiger partial charge in [0.2, 0.25) is 0 Å². The second kappa shape index (κ2) is 7.95. The fraction of sp³-hybridized carbons (Fsp3) is 0.143. The molecule has 0 radical (unpaired) electrons. The van der Waals surface area contributed by atoms with Gasteiger partial charge in [-0.15, -0.1) is 0 Å². The Morgan fingerprint density at radius 2 is 1.28 bits per heavy atom. The standard InChI is InChI=1S/C14H13N2O8P/c17-15(18)13-5-1-11(2-6-13)9-23-25(21,22)24-10-12-3-7-14(8-4-12)16(19)20/h1-8H,9-10H2,(H-,17,18,21,22). The lowest BCUT2D eigenvalue weighted by Crippen LogP contribution is -2.08. The second-order valence-corrected chi connectivity index (χ2v) is 6.27. The van der Waals surface area contributed by atoms with Gasteiger partial charge in [-0.3, -0.25) is 14.7 Å². The first kappa shape index (κ1) is 18.7. The van der Waals surface area contributed by atoms with Gasteiger partial charge in [0.1, 0.15) is 0 Å². The summed E-state index contributed by atoms with van der Waals surface area (Å²) in [5.41, 5.74) is 0.741. The van der Waals surface area contributed by atoms with Crippen molar-refractivity contribution in [3.63, 3.8) is 0 Å². The van der Waals surface area contributed by atoms with Gasteiger partial charge < -0.3 is 13.9 Å². The van der Waals surface area contributed by atoms with Gasteiger partial charge in [-0.1, -0.05) is 0 Å². The molecule has 0 saturated heterocycles. The third-order valence-electron chi connectivity index (χ3n) is 3.08. The SMILES string of the molecule is O=[N+]([O-])c1ccc(COP(=O)([O-])OCc2ccc([N+](=O)O)cc2)cc1. The molecule has 0 aliphatic rings. The quantitative estimate of drug-likeness (QED) is 0.425. The van der Waals surface area contributed by atoms with E-state index in [1.165, 1.54) is 48.5 Å². The summed E-state index contributed by atoms with van der Waals surface area (Å²) >= 11 is 0. The maximum atomic E-state index is 11.7. The molecule has 2 aromatic rings. The average Bonchev–Trinajstić information content (AvgIpc) is 2.59. The molecule has 0 amide bonds. The molecule has 1 unspecified atom stereocenters. The van der Waals surface area contributed by atoms with E-state index in [1.807, 2.05) is 0 Å². The molecule has 0 heterocycles. The predicted molar refractivity (Wildman–Crippen MR) is 81.8 cm³/mol. The van der Waals surface area contributed by atoms with Crippen molar-refractivity contribution < 1.29 is 33.6 Å². The number of phosphoric acid groups is 1. The van der Waals surface area contributed by atoms with Gasteiger partial charge in [0, 0.05) is 24.3 Å². The molecule has 132 valence electrons. The van der Waals surface area contributed by atoms with Crippen molar-refractivity contribution in [2.24, 2.45) is 0 Å².